The van der Waals surface area contributed by atoms with E-state index in [9.17, 15) is 0 Å². The molecule has 2 N–H and O–H groups in total. The summed E-state index contributed by atoms with van der Waals surface area (Å²) in [7, 11) is 0. The van der Waals surface area contributed by atoms with Gasteiger partial charge in [-0.1, -0.05) is 12.2 Å². The molecule has 1 aromatic rings. The van der Waals surface area contributed by atoms with Gasteiger partial charge in [0.25, 0.3) is 0 Å². The van der Waals surface area contributed by atoms with Crippen LogP contribution in [0.5, 0.6) is 0 Å². The third-order valence-electron chi connectivity index (χ3n) is 1.55. The SMILES string of the molecule is CC=Cc1c(C)cncc1N. The van der Waals surface area contributed by atoms with Crippen LogP contribution in [0.4, 0.5) is 5.69 Å². The molecule has 11 heavy (non-hydrogen) atoms. The predicted molar refractivity (Wildman–Crippen MR) is 48.1 cm³/mol. The zero-order valence-corrected chi connectivity index (χ0v) is 6.83. The molecule has 2 nitrogen and oxygen atoms in total. The minimum absolute atomic E-state index is 0.739. The Balaban J connectivity index is 3.20. The summed E-state index contributed by atoms with van der Waals surface area (Å²) in [6, 6.07) is 0. The van der Waals surface area contributed by atoms with Gasteiger partial charge in [0, 0.05) is 11.8 Å². The molecule has 0 radical (unpaired) electrons. The first-order chi connectivity index (χ1) is 5.25. The fourth-order valence-corrected chi connectivity index (χ4v) is 0.990. The Labute approximate surface area is 66.8 Å². The zero-order valence-electron chi connectivity index (χ0n) is 6.83. The molecule has 58 valence electrons. The molecule has 1 aromatic heterocycles. The molecule has 0 spiro atoms. The number of aromatic nitrogens is 1. The van der Waals surface area contributed by atoms with E-state index in [0.717, 1.165) is 16.8 Å². The van der Waals surface area contributed by atoms with E-state index in [2.05, 4.69) is 4.98 Å². The van der Waals surface area contributed by atoms with Gasteiger partial charge in [-0.15, -0.1) is 0 Å². The number of hydrogen-bond donors (Lipinski definition) is 1. The third kappa shape index (κ3) is 1.58. The Morgan fingerprint density at radius 1 is 1.45 bits per heavy atom. The topological polar surface area (TPSA) is 38.9 Å². The summed E-state index contributed by atoms with van der Waals surface area (Å²) < 4.78 is 0. The summed E-state index contributed by atoms with van der Waals surface area (Å²) in [6.07, 6.45) is 7.44. The molecule has 0 saturated heterocycles. The van der Waals surface area contributed by atoms with Crippen LogP contribution in [0.2, 0.25) is 0 Å². The standard InChI is InChI=1S/C9H12N2/c1-3-4-8-7(2)5-11-6-9(8)10/h3-6H,10H2,1-2H3. The number of nitrogen functional groups attached to an aromatic ring is 1. The van der Waals surface area contributed by atoms with Crippen LogP contribution >= 0.6 is 0 Å². The van der Waals surface area contributed by atoms with Crippen LogP contribution in [0.25, 0.3) is 6.08 Å². The van der Waals surface area contributed by atoms with E-state index < -0.39 is 0 Å². The lowest BCUT2D eigenvalue weighted by atomic mass is 10.1. The third-order valence-corrected chi connectivity index (χ3v) is 1.55. The fourth-order valence-electron chi connectivity index (χ4n) is 0.990. The lowest BCUT2D eigenvalue weighted by Gasteiger charge is -2.01. The summed E-state index contributed by atoms with van der Waals surface area (Å²) in [5.74, 6) is 0. The summed E-state index contributed by atoms with van der Waals surface area (Å²) in [6.45, 7) is 3.97. The van der Waals surface area contributed by atoms with E-state index in [4.69, 9.17) is 5.73 Å². The second-order valence-electron chi connectivity index (χ2n) is 2.46. The van der Waals surface area contributed by atoms with Gasteiger partial charge in [-0.25, -0.2) is 0 Å². The molecule has 2 heteroatoms. The van der Waals surface area contributed by atoms with E-state index in [1.807, 2.05) is 32.2 Å². The molecule has 0 unspecified atom stereocenters. The van der Waals surface area contributed by atoms with Gasteiger partial charge >= 0.3 is 0 Å². The van der Waals surface area contributed by atoms with Gasteiger partial charge in [-0.3, -0.25) is 4.98 Å². The van der Waals surface area contributed by atoms with Gasteiger partial charge < -0.3 is 5.73 Å². The highest BCUT2D eigenvalue weighted by Gasteiger charge is 1.97. The minimum Gasteiger partial charge on any atom is -0.397 e. The fraction of sp³-hybridized carbons (Fsp3) is 0.222. The van der Waals surface area contributed by atoms with E-state index in [0.29, 0.717) is 0 Å². The highest BCUT2D eigenvalue weighted by atomic mass is 14.7. The molecular weight excluding hydrogens is 136 g/mol. The normalized spacial score (nSPS) is 10.7. The van der Waals surface area contributed by atoms with Gasteiger partial charge in [0.2, 0.25) is 0 Å². The maximum absolute atomic E-state index is 5.69. The number of anilines is 1. The van der Waals surface area contributed by atoms with Gasteiger partial charge in [-0.2, -0.15) is 0 Å². The summed E-state index contributed by atoms with van der Waals surface area (Å²) in [4.78, 5) is 3.97. The molecule has 0 aliphatic rings. The Morgan fingerprint density at radius 3 is 2.73 bits per heavy atom. The van der Waals surface area contributed by atoms with Gasteiger partial charge in [0.1, 0.15) is 0 Å². The average Bonchev–Trinajstić information content (AvgIpc) is 1.97. The second kappa shape index (κ2) is 3.19. The quantitative estimate of drug-likeness (QED) is 0.661. The van der Waals surface area contributed by atoms with Crippen LogP contribution in [0, 0.1) is 6.92 Å². The van der Waals surface area contributed by atoms with E-state index in [-0.39, 0.29) is 0 Å². The van der Waals surface area contributed by atoms with Gasteiger partial charge in [0.15, 0.2) is 0 Å². The minimum atomic E-state index is 0.739. The second-order valence-corrected chi connectivity index (χ2v) is 2.46. The highest BCUT2D eigenvalue weighted by Crippen LogP contribution is 2.15. The van der Waals surface area contributed by atoms with Crippen molar-refractivity contribution in [2.24, 2.45) is 0 Å². The van der Waals surface area contributed by atoms with Crippen molar-refractivity contribution >= 4 is 11.8 Å². The lowest BCUT2D eigenvalue weighted by molar-refractivity contribution is 1.26. The van der Waals surface area contributed by atoms with Crippen molar-refractivity contribution in [2.75, 3.05) is 5.73 Å². The van der Waals surface area contributed by atoms with Crippen LogP contribution in [0.15, 0.2) is 18.5 Å². The lowest BCUT2D eigenvalue weighted by Crippen LogP contribution is -1.93. The number of hydrogen-bond acceptors (Lipinski definition) is 2. The van der Waals surface area contributed by atoms with Crippen LogP contribution in [-0.4, -0.2) is 4.98 Å². The molecule has 0 aromatic carbocycles. The Bertz CT molecular complexity index is 257. The molecule has 0 atom stereocenters. The van der Waals surface area contributed by atoms with Crippen molar-refractivity contribution in [2.45, 2.75) is 13.8 Å². The molecule has 0 bridgehead atoms. The summed E-state index contributed by atoms with van der Waals surface area (Å²) >= 11 is 0. The first kappa shape index (κ1) is 7.79. The van der Waals surface area contributed by atoms with Crippen LogP contribution in [0.1, 0.15) is 18.1 Å². The predicted octanol–water partition coefficient (Wildman–Crippen LogP) is 2.01. The highest BCUT2D eigenvalue weighted by molar-refractivity contribution is 5.65. The zero-order chi connectivity index (χ0) is 8.27. The average molecular weight is 148 g/mol. The van der Waals surface area contributed by atoms with E-state index in [1.54, 1.807) is 6.20 Å². The monoisotopic (exact) mass is 148 g/mol. The van der Waals surface area contributed by atoms with E-state index >= 15 is 0 Å². The number of allylic oxidation sites excluding steroid dienone is 1. The number of nitrogens with two attached hydrogens (primary N) is 1. The molecule has 1 heterocycles. The van der Waals surface area contributed by atoms with Crippen LogP contribution in [0.3, 0.4) is 0 Å². The van der Waals surface area contributed by atoms with E-state index in [1.165, 1.54) is 0 Å². The van der Waals surface area contributed by atoms with Crippen molar-refractivity contribution < 1.29 is 0 Å². The Kier molecular flexibility index (Phi) is 2.26. The molecule has 0 aliphatic carbocycles. The Morgan fingerprint density at radius 2 is 2.18 bits per heavy atom. The Hall–Kier alpha value is -1.31. The van der Waals surface area contributed by atoms with Crippen molar-refractivity contribution in [3.63, 3.8) is 0 Å². The maximum atomic E-state index is 5.69. The number of nitrogens with zero attached hydrogens (tertiary/aromatic N) is 1. The molecule has 0 saturated carbocycles. The van der Waals surface area contributed by atoms with Gasteiger partial charge in [0.05, 0.1) is 11.9 Å². The molecule has 1 rings (SSSR count). The number of rotatable bonds is 1. The first-order valence-corrected chi connectivity index (χ1v) is 3.58. The van der Waals surface area contributed by atoms with Crippen LogP contribution in [-0.2, 0) is 0 Å². The largest absolute Gasteiger partial charge is 0.397 e. The smallest absolute Gasteiger partial charge is 0.0576 e. The van der Waals surface area contributed by atoms with Gasteiger partial charge in [-0.05, 0) is 19.4 Å². The summed E-state index contributed by atoms with van der Waals surface area (Å²) in [5.41, 5.74) is 8.62. The molecule has 0 fully saturated rings. The number of aryl methyl sites for hydroxylation is 1. The molecule has 0 aliphatic heterocycles. The molecule has 0 amide bonds. The summed E-state index contributed by atoms with van der Waals surface area (Å²) in [5, 5.41) is 0. The van der Waals surface area contributed by atoms with Crippen molar-refractivity contribution in [3.8, 4) is 0 Å². The molecular formula is C9H12N2. The van der Waals surface area contributed by atoms with Crippen molar-refractivity contribution in [1.82, 2.24) is 4.98 Å². The van der Waals surface area contributed by atoms with Crippen molar-refractivity contribution in [1.29, 1.82) is 0 Å². The van der Waals surface area contributed by atoms with Crippen molar-refractivity contribution in [3.05, 3.63) is 29.6 Å². The number of pyridine rings is 1. The first-order valence-electron chi connectivity index (χ1n) is 3.58. The maximum Gasteiger partial charge on any atom is 0.0576 e. The van der Waals surface area contributed by atoms with Crippen LogP contribution < -0.4 is 5.73 Å².